The molecule has 3 aliphatic heterocycles. The van der Waals surface area contributed by atoms with E-state index in [9.17, 15) is 9.59 Å². The fraction of sp³-hybridized carbons (Fsp3) is 0.360. The van der Waals surface area contributed by atoms with E-state index in [1.54, 1.807) is 7.11 Å². The standard InChI is InChI=1S/C25H26N2O4/c1-30-19-9-7-18(8-10-19)15-26-23(28)21-20-11-13-25(31-20)16-27(24(29)22(21)25)14-12-17-5-3-2-4-6-17/h2-11,13,20-22H,12,14-16H2,1H3,(H,26,28)/t20-,21?,22-,25+/m1/s1. The number of nitrogens with one attached hydrogen (secondary N) is 1. The Hall–Kier alpha value is -3.12. The lowest BCUT2D eigenvalue weighted by Crippen LogP contribution is -2.44. The zero-order valence-corrected chi connectivity index (χ0v) is 17.5. The van der Waals surface area contributed by atoms with E-state index >= 15 is 0 Å². The molecule has 0 aliphatic carbocycles. The van der Waals surface area contributed by atoms with Crippen molar-refractivity contribution in [2.75, 3.05) is 20.2 Å². The van der Waals surface area contributed by atoms with Crippen LogP contribution in [0.25, 0.3) is 0 Å². The summed E-state index contributed by atoms with van der Waals surface area (Å²) in [5, 5.41) is 3.00. The molecule has 2 amide bonds. The molecule has 1 N–H and O–H groups in total. The summed E-state index contributed by atoms with van der Waals surface area (Å²) < 4.78 is 11.4. The molecule has 6 nitrogen and oxygen atoms in total. The number of nitrogens with zero attached hydrogens (tertiary/aromatic N) is 1. The summed E-state index contributed by atoms with van der Waals surface area (Å²) in [5.74, 6) is -0.273. The van der Waals surface area contributed by atoms with Crippen LogP contribution in [0.3, 0.4) is 0 Å². The van der Waals surface area contributed by atoms with Crippen LogP contribution in [0, 0.1) is 11.8 Å². The van der Waals surface area contributed by atoms with Crippen LogP contribution in [0.1, 0.15) is 11.1 Å². The van der Waals surface area contributed by atoms with Gasteiger partial charge in [0.2, 0.25) is 11.8 Å². The molecule has 0 aromatic heterocycles. The number of carbonyl (C=O) groups excluding carboxylic acids is 2. The lowest BCUT2D eigenvalue weighted by atomic mass is 9.77. The molecule has 4 atom stereocenters. The van der Waals surface area contributed by atoms with Crippen molar-refractivity contribution in [3.05, 3.63) is 77.9 Å². The fourth-order valence-electron chi connectivity index (χ4n) is 5.03. The van der Waals surface area contributed by atoms with E-state index in [-0.39, 0.29) is 17.9 Å². The van der Waals surface area contributed by atoms with E-state index in [1.165, 1.54) is 5.56 Å². The van der Waals surface area contributed by atoms with Gasteiger partial charge < -0.3 is 19.7 Å². The predicted octanol–water partition coefficient (Wildman–Crippen LogP) is 2.34. The molecule has 3 heterocycles. The van der Waals surface area contributed by atoms with Crippen LogP contribution in [0.15, 0.2) is 66.7 Å². The number of benzene rings is 2. The van der Waals surface area contributed by atoms with Crippen LogP contribution in [-0.4, -0.2) is 48.6 Å². The molecule has 1 spiro atoms. The highest BCUT2D eigenvalue weighted by atomic mass is 16.5. The minimum Gasteiger partial charge on any atom is -0.497 e. The van der Waals surface area contributed by atoms with Crippen LogP contribution in [0.5, 0.6) is 5.75 Å². The average Bonchev–Trinajstić information content (AvgIpc) is 3.45. The quantitative estimate of drug-likeness (QED) is 0.701. The zero-order valence-electron chi connectivity index (χ0n) is 17.5. The highest BCUT2D eigenvalue weighted by Crippen LogP contribution is 2.51. The van der Waals surface area contributed by atoms with Crippen LogP contribution < -0.4 is 10.1 Å². The van der Waals surface area contributed by atoms with Crippen molar-refractivity contribution in [3.63, 3.8) is 0 Å². The lowest BCUT2D eigenvalue weighted by Gasteiger charge is -2.23. The number of fused-ring (bicyclic) bond motifs is 1. The normalized spacial score (nSPS) is 28.1. The summed E-state index contributed by atoms with van der Waals surface area (Å²) in [6, 6.07) is 17.7. The van der Waals surface area contributed by atoms with Crippen molar-refractivity contribution < 1.29 is 19.1 Å². The van der Waals surface area contributed by atoms with Gasteiger partial charge in [-0.3, -0.25) is 9.59 Å². The zero-order chi connectivity index (χ0) is 21.4. The summed E-state index contributed by atoms with van der Waals surface area (Å²) in [6.07, 6.45) is 4.40. The number of hydrogen-bond donors (Lipinski definition) is 1. The number of rotatable bonds is 7. The summed E-state index contributed by atoms with van der Waals surface area (Å²) in [7, 11) is 1.62. The topological polar surface area (TPSA) is 67.9 Å². The van der Waals surface area contributed by atoms with Gasteiger partial charge in [-0.05, 0) is 29.7 Å². The van der Waals surface area contributed by atoms with Gasteiger partial charge in [0.25, 0.3) is 0 Å². The van der Waals surface area contributed by atoms with Crippen molar-refractivity contribution in [2.45, 2.75) is 24.7 Å². The molecule has 0 radical (unpaired) electrons. The van der Waals surface area contributed by atoms with Gasteiger partial charge in [0.05, 0.1) is 31.6 Å². The SMILES string of the molecule is COc1ccc(CNC(=O)C2[C@H]3C=C[C@@]4(CN(CCc5ccccc5)C(=O)[C@@H]24)O3)cc1. The Balaban J connectivity index is 1.25. The molecule has 2 fully saturated rings. The van der Waals surface area contributed by atoms with Gasteiger partial charge in [-0.15, -0.1) is 0 Å². The van der Waals surface area contributed by atoms with Gasteiger partial charge >= 0.3 is 0 Å². The van der Waals surface area contributed by atoms with Gasteiger partial charge in [0.1, 0.15) is 11.4 Å². The van der Waals surface area contributed by atoms with E-state index < -0.39 is 17.4 Å². The molecule has 2 saturated heterocycles. The van der Waals surface area contributed by atoms with E-state index in [4.69, 9.17) is 9.47 Å². The van der Waals surface area contributed by atoms with E-state index in [1.807, 2.05) is 59.5 Å². The molecule has 6 heteroatoms. The number of ether oxygens (including phenoxy) is 2. The third-order valence-corrected chi connectivity index (χ3v) is 6.62. The first-order valence-corrected chi connectivity index (χ1v) is 10.7. The van der Waals surface area contributed by atoms with Crippen molar-refractivity contribution in [1.29, 1.82) is 0 Å². The smallest absolute Gasteiger partial charge is 0.230 e. The summed E-state index contributed by atoms with van der Waals surface area (Å²) >= 11 is 0. The van der Waals surface area contributed by atoms with Gasteiger partial charge in [-0.1, -0.05) is 54.6 Å². The lowest BCUT2D eigenvalue weighted by molar-refractivity contribution is -0.137. The maximum Gasteiger partial charge on any atom is 0.230 e. The van der Waals surface area contributed by atoms with Gasteiger partial charge in [-0.2, -0.15) is 0 Å². The average molecular weight is 418 g/mol. The van der Waals surface area contributed by atoms with Gasteiger partial charge in [-0.25, -0.2) is 0 Å². The molecular formula is C25H26N2O4. The Morgan fingerprint density at radius 2 is 1.94 bits per heavy atom. The third-order valence-electron chi connectivity index (χ3n) is 6.62. The molecule has 5 rings (SSSR count). The third kappa shape index (κ3) is 3.51. The molecule has 3 aliphatic rings. The van der Waals surface area contributed by atoms with E-state index in [0.717, 1.165) is 17.7 Å². The van der Waals surface area contributed by atoms with Crippen LogP contribution in [0.2, 0.25) is 0 Å². The number of carbonyl (C=O) groups is 2. The highest BCUT2D eigenvalue weighted by molar-refractivity contribution is 5.93. The summed E-state index contributed by atoms with van der Waals surface area (Å²) in [5.41, 5.74) is 1.51. The first kappa shape index (κ1) is 19.8. The van der Waals surface area contributed by atoms with Crippen molar-refractivity contribution in [2.24, 2.45) is 11.8 Å². The highest BCUT2D eigenvalue weighted by Gasteiger charge is 2.66. The molecule has 160 valence electrons. The van der Waals surface area contributed by atoms with Crippen LogP contribution in [-0.2, 0) is 27.3 Å². The van der Waals surface area contributed by atoms with Gasteiger partial charge in [0, 0.05) is 13.1 Å². The Morgan fingerprint density at radius 1 is 1.16 bits per heavy atom. The first-order chi connectivity index (χ1) is 15.1. The van der Waals surface area contributed by atoms with Crippen molar-refractivity contribution in [3.8, 4) is 5.75 Å². The van der Waals surface area contributed by atoms with Crippen molar-refractivity contribution in [1.82, 2.24) is 10.2 Å². The first-order valence-electron chi connectivity index (χ1n) is 10.7. The number of amides is 2. The number of methoxy groups -OCH3 is 1. The second-order valence-electron chi connectivity index (χ2n) is 8.46. The Labute approximate surface area is 181 Å². The number of likely N-dealkylation sites (tertiary alicyclic amines) is 1. The second kappa shape index (κ2) is 7.85. The van der Waals surface area contributed by atoms with E-state index in [2.05, 4.69) is 17.4 Å². The fourth-order valence-corrected chi connectivity index (χ4v) is 5.03. The van der Waals surface area contributed by atoms with Crippen LogP contribution in [0.4, 0.5) is 0 Å². The van der Waals surface area contributed by atoms with Gasteiger partial charge in [0.15, 0.2) is 0 Å². The molecule has 2 bridgehead atoms. The Kier molecular flexibility index (Phi) is 5.02. The summed E-state index contributed by atoms with van der Waals surface area (Å²) in [4.78, 5) is 28.2. The molecule has 31 heavy (non-hydrogen) atoms. The maximum absolute atomic E-state index is 13.3. The minimum absolute atomic E-state index is 0.0207. The van der Waals surface area contributed by atoms with Crippen LogP contribution >= 0.6 is 0 Å². The summed E-state index contributed by atoms with van der Waals surface area (Å²) in [6.45, 7) is 1.54. The molecular weight excluding hydrogens is 392 g/mol. The molecule has 1 unspecified atom stereocenters. The van der Waals surface area contributed by atoms with E-state index in [0.29, 0.717) is 19.6 Å². The molecule has 0 saturated carbocycles. The Bertz CT molecular complexity index is 1000. The minimum atomic E-state index is -0.666. The maximum atomic E-state index is 13.3. The largest absolute Gasteiger partial charge is 0.497 e. The van der Waals surface area contributed by atoms with Crippen molar-refractivity contribution >= 4 is 11.8 Å². The number of hydrogen-bond acceptors (Lipinski definition) is 4. The molecule has 2 aromatic rings. The molecule has 2 aromatic carbocycles. The monoisotopic (exact) mass is 418 g/mol. The second-order valence-corrected chi connectivity index (χ2v) is 8.46. The predicted molar refractivity (Wildman–Crippen MR) is 115 cm³/mol. The Morgan fingerprint density at radius 3 is 2.68 bits per heavy atom.